The van der Waals surface area contributed by atoms with Crippen molar-refractivity contribution in [1.29, 1.82) is 0 Å². The molecule has 0 atom stereocenters. The number of aromatic hydroxyl groups is 1. The molecule has 0 aromatic heterocycles. The summed E-state index contributed by atoms with van der Waals surface area (Å²) in [5, 5.41) is 10.7. The monoisotopic (exact) mass is 224 g/mol. The first-order valence-corrected chi connectivity index (χ1v) is 5.39. The highest BCUT2D eigenvalue weighted by Gasteiger charge is 1.94. The smallest absolute Gasteiger partial charge is 0.331 e. The van der Waals surface area contributed by atoms with Crippen molar-refractivity contribution in [2.24, 2.45) is 0 Å². The first-order chi connectivity index (χ1) is 7.22. The number of esters is 1. The van der Waals surface area contributed by atoms with Crippen LogP contribution in [0.5, 0.6) is 5.75 Å². The van der Waals surface area contributed by atoms with Gasteiger partial charge in [0.05, 0.1) is 6.61 Å². The van der Waals surface area contributed by atoms with E-state index in [9.17, 15) is 4.79 Å². The summed E-state index contributed by atoms with van der Waals surface area (Å²) in [6.45, 7) is 2.14. The van der Waals surface area contributed by atoms with Gasteiger partial charge < -0.3 is 9.84 Å². The molecule has 0 fully saturated rings. The lowest BCUT2D eigenvalue weighted by Crippen LogP contribution is -1.98. The summed E-state index contributed by atoms with van der Waals surface area (Å²) in [6, 6.07) is 6.74. The fourth-order valence-corrected chi connectivity index (χ4v) is 1.51. The molecule has 3 nitrogen and oxygen atoms in total. The predicted molar refractivity (Wildman–Crippen MR) is 59.7 cm³/mol. The summed E-state index contributed by atoms with van der Waals surface area (Å²) in [7, 11) is 0. The highest BCUT2D eigenvalue weighted by atomic mass is 32.2. The summed E-state index contributed by atoms with van der Waals surface area (Å²) in [6.07, 6.45) is 1.38. The second-order valence-electron chi connectivity index (χ2n) is 2.67. The third kappa shape index (κ3) is 4.56. The lowest BCUT2D eigenvalue weighted by atomic mass is 10.3. The largest absolute Gasteiger partial charge is 0.508 e. The molecule has 0 saturated carbocycles. The molecule has 15 heavy (non-hydrogen) atoms. The minimum atomic E-state index is -0.344. The minimum absolute atomic E-state index is 0.230. The fourth-order valence-electron chi connectivity index (χ4n) is 0.883. The van der Waals surface area contributed by atoms with Crippen molar-refractivity contribution in [3.05, 3.63) is 35.7 Å². The van der Waals surface area contributed by atoms with Crippen molar-refractivity contribution in [2.45, 2.75) is 11.8 Å². The third-order valence-corrected chi connectivity index (χ3v) is 2.35. The van der Waals surface area contributed by atoms with E-state index in [1.54, 1.807) is 36.6 Å². The van der Waals surface area contributed by atoms with Crippen LogP contribution in [0.3, 0.4) is 0 Å². The first kappa shape index (κ1) is 11.7. The number of ether oxygens (including phenoxy) is 1. The molecule has 0 saturated heterocycles. The summed E-state index contributed by atoms with van der Waals surface area (Å²) < 4.78 is 4.72. The zero-order valence-corrected chi connectivity index (χ0v) is 9.16. The first-order valence-electron chi connectivity index (χ1n) is 4.51. The highest BCUT2D eigenvalue weighted by molar-refractivity contribution is 8.02. The van der Waals surface area contributed by atoms with E-state index in [-0.39, 0.29) is 11.7 Å². The zero-order chi connectivity index (χ0) is 11.1. The van der Waals surface area contributed by atoms with Gasteiger partial charge in [-0.3, -0.25) is 0 Å². The zero-order valence-electron chi connectivity index (χ0n) is 8.34. The van der Waals surface area contributed by atoms with Crippen LogP contribution >= 0.6 is 11.8 Å². The van der Waals surface area contributed by atoms with Crippen LogP contribution in [0.4, 0.5) is 0 Å². The molecular weight excluding hydrogens is 212 g/mol. The van der Waals surface area contributed by atoms with Gasteiger partial charge in [-0.05, 0) is 36.6 Å². The highest BCUT2D eigenvalue weighted by Crippen LogP contribution is 2.21. The number of rotatable bonds is 4. The number of carbonyl (C=O) groups excluding carboxylic acids is 1. The van der Waals surface area contributed by atoms with Crippen LogP contribution < -0.4 is 0 Å². The molecule has 1 aromatic carbocycles. The van der Waals surface area contributed by atoms with Crippen LogP contribution in [-0.2, 0) is 9.53 Å². The van der Waals surface area contributed by atoms with Crippen molar-refractivity contribution >= 4 is 17.7 Å². The number of hydrogen-bond donors (Lipinski definition) is 1. The molecule has 0 aliphatic heterocycles. The Kier molecular flexibility index (Phi) is 4.77. The Labute approximate surface area is 92.8 Å². The SMILES string of the molecule is CCOC(=O)/C=C\Sc1ccc(O)cc1. The lowest BCUT2D eigenvalue weighted by Gasteiger charge is -1.96. The molecule has 0 bridgehead atoms. The van der Waals surface area contributed by atoms with E-state index in [1.165, 1.54) is 17.8 Å². The maximum Gasteiger partial charge on any atom is 0.331 e. The average molecular weight is 224 g/mol. The Morgan fingerprint density at radius 1 is 1.47 bits per heavy atom. The van der Waals surface area contributed by atoms with Gasteiger partial charge in [-0.15, -0.1) is 0 Å². The quantitative estimate of drug-likeness (QED) is 0.485. The second-order valence-corrected chi connectivity index (χ2v) is 3.65. The summed E-state index contributed by atoms with van der Waals surface area (Å²) in [5.41, 5.74) is 0. The van der Waals surface area contributed by atoms with E-state index in [2.05, 4.69) is 0 Å². The Hall–Kier alpha value is -1.42. The van der Waals surface area contributed by atoms with Gasteiger partial charge in [0.1, 0.15) is 5.75 Å². The van der Waals surface area contributed by atoms with Crippen molar-refractivity contribution in [3.63, 3.8) is 0 Å². The molecule has 0 spiro atoms. The second kappa shape index (κ2) is 6.14. The Balaban J connectivity index is 2.43. The number of benzene rings is 1. The summed E-state index contributed by atoms with van der Waals surface area (Å²) in [5.74, 6) is -0.113. The van der Waals surface area contributed by atoms with Crippen molar-refractivity contribution in [2.75, 3.05) is 6.61 Å². The molecule has 0 radical (unpaired) electrons. The average Bonchev–Trinajstić information content (AvgIpc) is 2.21. The topological polar surface area (TPSA) is 46.5 Å². The van der Waals surface area contributed by atoms with E-state index in [0.717, 1.165) is 4.90 Å². The maximum atomic E-state index is 10.9. The lowest BCUT2D eigenvalue weighted by molar-refractivity contribution is -0.137. The van der Waals surface area contributed by atoms with Gasteiger partial charge in [-0.1, -0.05) is 11.8 Å². The van der Waals surface area contributed by atoms with Gasteiger partial charge >= 0.3 is 5.97 Å². The van der Waals surface area contributed by atoms with Gasteiger partial charge in [0.2, 0.25) is 0 Å². The maximum absolute atomic E-state index is 10.9. The molecular formula is C11H12O3S. The van der Waals surface area contributed by atoms with Crippen LogP contribution in [0.1, 0.15) is 6.92 Å². The molecule has 0 aliphatic rings. The van der Waals surface area contributed by atoms with Gasteiger partial charge in [-0.2, -0.15) is 0 Å². The molecule has 1 aromatic rings. The van der Waals surface area contributed by atoms with Crippen LogP contribution in [-0.4, -0.2) is 17.7 Å². The van der Waals surface area contributed by atoms with Gasteiger partial charge in [0.15, 0.2) is 0 Å². The Morgan fingerprint density at radius 2 is 2.13 bits per heavy atom. The molecule has 1 rings (SSSR count). The van der Waals surface area contributed by atoms with Gasteiger partial charge in [-0.25, -0.2) is 4.79 Å². The van der Waals surface area contributed by atoms with E-state index in [0.29, 0.717) is 6.61 Å². The molecule has 0 unspecified atom stereocenters. The third-order valence-electron chi connectivity index (χ3n) is 1.53. The fraction of sp³-hybridized carbons (Fsp3) is 0.182. The van der Waals surface area contributed by atoms with Gasteiger partial charge in [0, 0.05) is 11.0 Å². The molecule has 0 heterocycles. The standard InChI is InChI=1S/C11H12O3S/c1-2-14-11(13)7-8-15-10-5-3-9(12)4-6-10/h3-8,12H,2H2,1H3/b8-7-. The number of carbonyl (C=O) groups is 1. The summed E-state index contributed by atoms with van der Waals surface area (Å²) in [4.78, 5) is 11.9. The van der Waals surface area contributed by atoms with Crippen molar-refractivity contribution in [1.82, 2.24) is 0 Å². The molecule has 1 N–H and O–H groups in total. The summed E-state index contributed by atoms with van der Waals surface area (Å²) >= 11 is 1.39. The molecule has 4 heteroatoms. The number of phenols is 1. The van der Waals surface area contributed by atoms with Crippen LogP contribution in [0.2, 0.25) is 0 Å². The predicted octanol–water partition coefficient (Wildman–Crippen LogP) is 2.56. The van der Waals surface area contributed by atoms with E-state index in [4.69, 9.17) is 9.84 Å². The van der Waals surface area contributed by atoms with Crippen LogP contribution in [0, 0.1) is 0 Å². The van der Waals surface area contributed by atoms with E-state index < -0.39 is 0 Å². The van der Waals surface area contributed by atoms with E-state index in [1.807, 2.05) is 0 Å². The van der Waals surface area contributed by atoms with Crippen molar-refractivity contribution in [3.8, 4) is 5.75 Å². The van der Waals surface area contributed by atoms with Crippen molar-refractivity contribution < 1.29 is 14.6 Å². The Bertz CT molecular complexity index is 343. The number of thioether (sulfide) groups is 1. The minimum Gasteiger partial charge on any atom is -0.508 e. The van der Waals surface area contributed by atoms with Gasteiger partial charge in [0.25, 0.3) is 0 Å². The molecule has 0 amide bonds. The normalized spacial score (nSPS) is 10.5. The number of hydrogen-bond acceptors (Lipinski definition) is 4. The van der Waals surface area contributed by atoms with Crippen LogP contribution in [0.25, 0.3) is 0 Å². The number of phenolic OH excluding ortho intramolecular Hbond substituents is 1. The van der Waals surface area contributed by atoms with E-state index >= 15 is 0 Å². The Morgan fingerprint density at radius 3 is 2.73 bits per heavy atom. The van der Waals surface area contributed by atoms with Crippen LogP contribution in [0.15, 0.2) is 40.6 Å². The molecule has 0 aliphatic carbocycles. The molecule has 80 valence electrons.